The van der Waals surface area contributed by atoms with Crippen molar-refractivity contribution in [1.29, 1.82) is 0 Å². The summed E-state index contributed by atoms with van der Waals surface area (Å²) in [6.07, 6.45) is 36.3. The van der Waals surface area contributed by atoms with E-state index in [2.05, 4.69) is 39.8 Å². The minimum absolute atomic E-state index is 0.222. The summed E-state index contributed by atoms with van der Waals surface area (Å²) in [5, 5.41) is 0.768. The summed E-state index contributed by atoms with van der Waals surface area (Å²) in [5.41, 5.74) is 0. The third-order valence-corrected chi connectivity index (χ3v) is 12.5. The zero-order valence-corrected chi connectivity index (χ0v) is 35.5. The average molecular weight is 728 g/mol. The van der Waals surface area contributed by atoms with Crippen LogP contribution in [0.3, 0.4) is 0 Å². The average Bonchev–Trinajstić information content (AvgIpc) is 3.08. The lowest BCUT2D eigenvalue weighted by atomic mass is 9.90. The molecule has 292 valence electrons. The van der Waals surface area contributed by atoms with E-state index in [9.17, 15) is 9.59 Å². The van der Waals surface area contributed by atoms with E-state index >= 15 is 0 Å². The molecule has 0 amide bonds. The summed E-state index contributed by atoms with van der Waals surface area (Å²) in [4.78, 5) is 27.1. The van der Waals surface area contributed by atoms with Gasteiger partial charge in [-0.1, -0.05) is 186 Å². The molecular weight excluding hydrogens is 643 g/mol. The molecule has 3 atom stereocenters. The third-order valence-electron chi connectivity index (χ3n) is 10.2. The van der Waals surface area contributed by atoms with Crippen molar-refractivity contribution in [3.63, 3.8) is 0 Å². The van der Waals surface area contributed by atoms with Crippen LogP contribution < -0.4 is 0 Å². The first-order valence-corrected chi connectivity index (χ1v) is 23.3. The second-order valence-electron chi connectivity index (χ2n) is 15.5. The lowest BCUT2D eigenvalue weighted by Gasteiger charge is -2.18. The molecule has 0 radical (unpaired) electrons. The maximum Gasteiger partial charge on any atom is 0.189 e. The number of hydrogen-bond donors (Lipinski definition) is 0. The van der Waals surface area contributed by atoms with Crippen LogP contribution in [0, 0.1) is 11.8 Å². The summed E-state index contributed by atoms with van der Waals surface area (Å²) < 4.78 is 5.63. The van der Waals surface area contributed by atoms with E-state index < -0.39 is 0 Å². The van der Waals surface area contributed by atoms with Gasteiger partial charge in [-0.25, -0.2) is 0 Å². The summed E-state index contributed by atoms with van der Waals surface area (Å²) in [5.74, 6) is 3.36. The molecule has 0 aromatic heterocycles. The van der Waals surface area contributed by atoms with Crippen LogP contribution in [0.1, 0.15) is 207 Å². The standard InChI is InChI=1S/C43H85NO3S2/c1-7-9-11-15-21-29-39(3)37-48-42(45)34-25-19-13-17-22-30-40(32-27-28-36-44(4)5)31-23-18-14-20-26-35-43(46)49-38-41(47-6)33-24-16-12-10-8-2/h39-41H,7-38H2,1-6H3. The van der Waals surface area contributed by atoms with Crippen LogP contribution in [0.4, 0.5) is 0 Å². The number of ether oxygens (including phenoxy) is 1. The van der Waals surface area contributed by atoms with Gasteiger partial charge in [0.25, 0.3) is 0 Å². The van der Waals surface area contributed by atoms with Gasteiger partial charge >= 0.3 is 0 Å². The van der Waals surface area contributed by atoms with Crippen molar-refractivity contribution in [3.05, 3.63) is 0 Å². The molecule has 0 saturated carbocycles. The zero-order valence-electron chi connectivity index (χ0n) is 33.8. The molecule has 6 heteroatoms. The van der Waals surface area contributed by atoms with Gasteiger partial charge in [0.1, 0.15) is 0 Å². The SMILES string of the molecule is CCCCCCCC(C)CSC(=O)CCCCCCCC(CCCCCCCC(=O)SCC(CCCCCCC)OC)CCCCN(C)C. The zero-order chi connectivity index (χ0) is 36.2. The Kier molecular flexibility index (Phi) is 37.7. The van der Waals surface area contributed by atoms with E-state index in [1.165, 1.54) is 172 Å². The van der Waals surface area contributed by atoms with E-state index in [1.54, 1.807) is 18.9 Å². The maximum atomic E-state index is 12.4. The smallest absolute Gasteiger partial charge is 0.189 e. The lowest BCUT2D eigenvalue weighted by molar-refractivity contribution is -0.111. The normalized spacial score (nSPS) is 13.6. The highest BCUT2D eigenvalue weighted by molar-refractivity contribution is 8.13. The molecule has 4 nitrogen and oxygen atoms in total. The molecule has 0 saturated heterocycles. The number of unbranched alkanes of at least 4 members (excludes halogenated alkanes) is 17. The Hall–Kier alpha value is -0.0400. The topological polar surface area (TPSA) is 46.6 Å². The predicted octanol–water partition coefficient (Wildman–Crippen LogP) is 13.7. The fourth-order valence-corrected chi connectivity index (χ4v) is 8.64. The van der Waals surface area contributed by atoms with Gasteiger partial charge in [0.2, 0.25) is 0 Å². The third kappa shape index (κ3) is 36.1. The van der Waals surface area contributed by atoms with Crippen molar-refractivity contribution in [3.8, 4) is 0 Å². The molecule has 0 fully saturated rings. The highest BCUT2D eigenvalue weighted by Crippen LogP contribution is 2.25. The number of rotatable bonds is 38. The van der Waals surface area contributed by atoms with E-state index in [-0.39, 0.29) is 6.10 Å². The number of hydrogen-bond acceptors (Lipinski definition) is 6. The minimum Gasteiger partial charge on any atom is -0.381 e. The minimum atomic E-state index is 0.222. The Morgan fingerprint density at radius 3 is 1.43 bits per heavy atom. The van der Waals surface area contributed by atoms with Crippen molar-refractivity contribution >= 4 is 33.8 Å². The van der Waals surface area contributed by atoms with Gasteiger partial charge in [-0.2, -0.15) is 0 Å². The van der Waals surface area contributed by atoms with E-state index in [0.29, 0.717) is 16.1 Å². The predicted molar refractivity (Wildman–Crippen MR) is 222 cm³/mol. The fourth-order valence-electron chi connectivity index (χ4n) is 6.75. The van der Waals surface area contributed by atoms with Crippen molar-refractivity contribution in [2.24, 2.45) is 11.8 Å². The molecule has 0 aliphatic rings. The number of nitrogens with zero attached hydrogens (tertiary/aromatic N) is 1. The molecule has 0 bridgehead atoms. The van der Waals surface area contributed by atoms with Gasteiger partial charge in [0, 0.05) is 31.5 Å². The molecular formula is C43H85NO3S2. The van der Waals surface area contributed by atoms with Crippen LogP contribution in [-0.2, 0) is 14.3 Å². The summed E-state index contributed by atoms with van der Waals surface area (Å²) in [6, 6.07) is 0. The molecule has 0 N–H and O–H groups in total. The molecule has 0 aliphatic carbocycles. The second-order valence-corrected chi connectivity index (χ2v) is 17.7. The van der Waals surface area contributed by atoms with E-state index in [1.807, 2.05) is 0 Å². The highest BCUT2D eigenvalue weighted by atomic mass is 32.2. The number of carbonyl (C=O) groups is 2. The van der Waals surface area contributed by atoms with Crippen LogP contribution in [0.5, 0.6) is 0 Å². The Morgan fingerprint density at radius 1 is 0.531 bits per heavy atom. The van der Waals surface area contributed by atoms with Gasteiger partial charge in [-0.3, -0.25) is 9.59 Å². The van der Waals surface area contributed by atoms with Gasteiger partial charge in [-0.05, 0) is 64.6 Å². The number of thioether (sulfide) groups is 2. The second kappa shape index (κ2) is 37.7. The van der Waals surface area contributed by atoms with E-state index in [4.69, 9.17) is 4.74 Å². The monoisotopic (exact) mass is 728 g/mol. The van der Waals surface area contributed by atoms with Gasteiger partial charge in [-0.15, -0.1) is 0 Å². The van der Waals surface area contributed by atoms with Crippen molar-refractivity contribution in [2.45, 2.75) is 213 Å². The Labute approximate surface area is 316 Å². The first-order valence-electron chi connectivity index (χ1n) is 21.3. The molecule has 0 aromatic rings. The molecule has 3 unspecified atom stereocenters. The first kappa shape index (κ1) is 49.0. The molecule has 0 rings (SSSR count). The van der Waals surface area contributed by atoms with Crippen LogP contribution in [0.15, 0.2) is 0 Å². The summed E-state index contributed by atoms with van der Waals surface area (Å²) in [6.45, 7) is 8.03. The maximum absolute atomic E-state index is 12.4. The molecule has 0 aliphatic heterocycles. The van der Waals surface area contributed by atoms with Crippen molar-refractivity contribution < 1.29 is 14.3 Å². The highest BCUT2D eigenvalue weighted by Gasteiger charge is 2.12. The van der Waals surface area contributed by atoms with Crippen LogP contribution in [0.2, 0.25) is 0 Å². The molecule has 0 heterocycles. The molecule has 0 aromatic carbocycles. The fraction of sp³-hybridized carbons (Fsp3) is 0.953. The Bertz CT molecular complexity index is 719. The van der Waals surface area contributed by atoms with Crippen LogP contribution in [-0.4, -0.2) is 60.5 Å². The van der Waals surface area contributed by atoms with Crippen LogP contribution in [0.25, 0.3) is 0 Å². The van der Waals surface area contributed by atoms with Gasteiger partial charge < -0.3 is 9.64 Å². The Balaban J connectivity index is 4.03. The van der Waals surface area contributed by atoms with Crippen LogP contribution >= 0.6 is 23.5 Å². The molecule has 0 spiro atoms. The largest absolute Gasteiger partial charge is 0.381 e. The molecule has 49 heavy (non-hydrogen) atoms. The van der Waals surface area contributed by atoms with Crippen molar-refractivity contribution in [1.82, 2.24) is 4.90 Å². The first-order chi connectivity index (χ1) is 23.8. The van der Waals surface area contributed by atoms with E-state index in [0.717, 1.165) is 49.5 Å². The summed E-state index contributed by atoms with van der Waals surface area (Å²) in [7, 11) is 6.15. The number of methoxy groups -OCH3 is 1. The van der Waals surface area contributed by atoms with Crippen molar-refractivity contribution in [2.75, 3.05) is 39.3 Å². The Morgan fingerprint density at radius 2 is 0.939 bits per heavy atom. The number of carbonyl (C=O) groups excluding carboxylic acids is 2. The summed E-state index contributed by atoms with van der Waals surface area (Å²) >= 11 is 3.09. The van der Waals surface area contributed by atoms with Gasteiger partial charge in [0.15, 0.2) is 10.2 Å². The lowest BCUT2D eigenvalue weighted by Crippen LogP contribution is -2.15. The van der Waals surface area contributed by atoms with Gasteiger partial charge in [0.05, 0.1) is 6.10 Å². The quantitative estimate of drug-likeness (QED) is 0.0590.